The third kappa shape index (κ3) is 5.69. The van der Waals surface area contributed by atoms with Crippen LogP contribution in [0, 0.1) is 11.8 Å². The van der Waals surface area contributed by atoms with Crippen LogP contribution in [0.1, 0.15) is 60.2 Å². The summed E-state index contributed by atoms with van der Waals surface area (Å²) in [6.45, 7) is 4.18. The zero-order valence-corrected chi connectivity index (χ0v) is 27.0. The average Bonchev–Trinajstić information content (AvgIpc) is 3.61. The Labute approximate surface area is 280 Å². The van der Waals surface area contributed by atoms with Gasteiger partial charge in [0.1, 0.15) is 18.2 Å². The van der Waals surface area contributed by atoms with Crippen molar-refractivity contribution in [1.82, 2.24) is 44.1 Å². The number of aromatic nitrogens is 7. The number of aryl methyl sites for hydroxylation is 1. The van der Waals surface area contributed by atoms with E-state index in [-0.39, 0.29) is 23.2 Å². The van der Waals surface area contributed by atoms with Gasteiger partial charge in [-0.05, 0) is 44.2 Å². The van der Waals surface area contributed by atoms with Crippen molar-refractivity contribution in [2.75, 3.05) is 18.8 Å². The normalized spacial score (nSPS) is 15.1. The highest BCUT2D eigenvalue weighted by atomic mass is 16.3. The van der Waals surface area contributed by atoms with Crippen LogP contribution in [-0.2, 0) is 11.8 Å². The average molecular weight is 659 g/mol. The van der Waals surface area contributed by atoms with Crippen LogP contribution in [0.25, 0.3) is 22.2 Å². The van der Waals surface area contributed by atoms with Crippen molar-refractivity contribution >= 4 is 28.3 Å². The van der Waals surface area contributed by atoms with E-state index >= 15 is 0 Å². The molecule has 1 saturated heterocycles. The number of nitrogens with one attached hydrogen (secondary N) is 1. The second kappa shape index (κ2) is 12.6. The summed E-state index contributed by atoms with van der Waals surface area (Å²) in [6.07, 6.45) is 2.64. The molecule has 5 N–H and O–H groups in total. The first kappa shape index (κ1) is 31.7. The van der Waals surface area contributed by atoms with Crippen LogP contribution < -0.4 is 16.6 Å². The molecule has 1 fully saturated rings. The van der Waals surface area contributed by atoms with Crippen molar-refractivity contribution in [3.05, 3.63) is 112 Å². The maximum Gasteiger partial charge on any atom is 0.267 e. The van der Waals surface area contributed by atoms with Gasteiger partial charge in [-0.1, -0.05) is 36.1 Å². The summed E-state index contributed by atoms with van der Waals surface area (Å²) in [5.41, 5.74) is 9.65. The molecule has 4 aromatic heterocycles. The van der Waals surface area contributed by atoms with Crippen LogP contribution in [0.3, 0.4) is 0 Å². The lowest BCUT2D eigenvalue weighted by molar-refractivity contribution is -0.143. The molecule has 0 bridgehead atoms. The summed E-state index contributed by atoms with van der Waals surface area (Å²) >= 11 is 0. The lowest BCUT2D eigenvalue weighted by atomic mass is 9.93. The van der Waals surface area contributed by atoms with Gasteiger partial charge in [-0.3, -0.25) is 24.2 Å². The summed E-state index contributed by atoms with van der Waals surface area (Å²) < 4.78 is 4.76. The third-order valence-electron chi connectivity index (χ3n) is 8.72. The summed E-state index contributed by atoms with van der Waals surface area (Å²) in [7, 11) is 1.83. The van der Waals surface area contributed by atoms with Gasteiger partial charge >= 0.3 is 0 Å². The van der Waals surface area contributed by atoms with Crippen LogP contribution in [0.15, 0.2) is 78.0 Å². The fraction of sp³-hybridized carbons (Fsp3) is 0.257. The van der Waals surface area contributed by atoms with E-state index in [2.05, 4.69) is 32.3 Å². The van der Waals surface area contributed by atoms with Crippen molar-refractivity contribution in [3.63, 3.8) is 0 Å². The second-order valence-electron chi connectivity index (χ2n) is 12.1. The number of carbonyl (C=O) groups excluding carboxylic acids is 1. The monoisotopic (exact) mass is 658 g/mol. The van der Waals surface area contributed by atoms with Crippen LogP contribution in [0.2, 0.25) is 0 Å². The van der Waals surface area contributed by atoms with E-state index in [0.717, 1.165) is 5.69 Å². The molecule has 0 saturated carbocycles. The Balaban J connectivity index is 1.27. The second-order valence-corrected chi connectivity index (χ2v) is 12.1. The molecule has 7 rings (SSSR count). The number of benzene rings is 2. The Hall–Kier alpha value is -5.88. The maximum absolute atomic E-state index is 14.5. The van der Waals surface area contributed by atoms with Gasteiger partial charge in [0.05, 0.1) is 45.6 Å². The Kier molecular flexibility index (Phi) is 8.17. The predicted octanol–water partition coefficient (Wildman–Crippen LogP) is 1.79. The Bertz CT molecular complexity index is 2330. The number of carbonyl (C=O) groups is 1. The van der Waals surface area contributed by atoms with Gasteiger partial charge in [-0.2, -0.15) is 5.10 Å². The fourth-order valence-electron chi connectivity index (χ4n) is 6.30. The molecule has 0 aliphatic carbocycles. The van der Waals surface area contributed by atoms with E-state index in [1.165, 1.54) is 16.0 Å². The summed E-state index contributed by atoms with van der Waals surface area (Å²) in [6, 6.07) is 15.6. The Morgan fingerprint density at radius 1 is 1.04 bits per heavy atom. The molecule has 0 radical (unpaired) electrons. The van der Waals surface area contributed by atoms with E-state index in [1.807, 2.05) is 37.4 Å². The SMILES string of the molecule is CC(O)C(=O)N1CC(c2c(C#Cc3cccc4nc(C(C)NC(O)c5c(N)nn6cccnc56)n(-c5ccccc5)c(=O)c34)cnn2C)C1. The van der Waals surface area contributed by atoms with E-state index < -0.39 is 18.4 Å². The fourth-order valence-corrected chi connectivity index (χ4v) is 6.30. The minimum atomic E-state index is -1.27. The number of amides is 1. The van der Waals surface area contributed by atoms with Crippen molar-refractivity contribution in [1.29, 1.82) is 0 Å². The number of aliphatic hydroxyl groups excluding tert-OH is 2. The Morgan fingerprint density at radius 3 is 2.55 bits per heavy atom. The zero-order valence-electron chi connectivity index (χ0n) is 27.0. The highest BCUT2D eigenvalue weighted by Crippen LogP contribution is 2.30. The largest absolute Gasteiger partial charge is 0.384 e. The topological polar surface area (TPSA) is 182 Å². The number of likely N-dealkylation sites (tertiary alicyclic amines) is 1. The summed E-state index contributed by atoms with van der Waals surface area (Å²) in [4.78, 5) is 37.5. The molecule has 14 nitrogen and oxygen atoms in total. The van der Waals surface area contributed by atoms with Gasteiger partial charge in [-0.15, -0.1) is 5.10 Å². The lowest BCUT2D eigenvalue weighted by Gasteiger charge is -2.40. The molecule has 14 heteroatoms. The van der Waals surface area contributed by atoms with Crippen LogP contribution in [0.4, 0.5) is 5.82 Å². The first-order valence-electron chi connectivity index (χ1n) is 15.8. The van der Waals surface area contributed by atoms with Crippen LogP contribution in [-0.4, -0.2) is 74.1 Å². The first-order valence-corrected chi connectivity index (χ1v) is 15.8. The molecule has 248 valence electrons. The number of nitrogen functional groups attached to an aromatic ring is 1. The van der Waals surface area contributed by atoms with Gasteiger partial charge in [0.15, 0.2) is 11.5 Å². The number of hydrogen-bond donors (Lipinski definition) is 4. The molecule has 3 unspecified atom stereocenters. The van der Waals surface area contributed by atoms with Gasteiger partial charge in [-0.25, -0.2) is 14.5 Å². The number of anilines is 1. The van der Waals surface area contributed by atoms with Gasteiger partial charge in [0.25, 0.3) is 11.5 Å². The van der Waals surface area contributed by atoms with E-state index in [1.54, 1.807) is 59.4 Å². The highest BCUT2D eigenvalue weighted by Gasteiger charge is 2.36. The molecule has 1 aliphatic rings. The van der Waals surface area contributed by atoms with Crippen molar-refractivity contribution < 1.29 is 15.0 Å². The number of fused-ring (bicyclic) bond motifs is 2. The standard InChI is InChI=1S/C35H34N10O4/c1-20(39-33(47)28-30(36)41-44-16-8-15-37-32(28)44)31-40-26-12-7-9-22(27(26)35(49)45(31)25-10-5-4-6-11-25)13-14-23-17-38-42(3)29(23)24-18-43(19-24)34(48)21(2)46/h4-12,15-17,20-21,24,33,39,46-47H,18-19H2,1-3H3,(H2,36,41). The third-order valence-corrected chi connectivity index (χ3v) is 8.72. The van der Waals surface area contributed by atoms with E-state index in [4.69, 9.17) is 10.7 Å². The number of nitrogens with two attached hydrogens (primary N) is 1. The number of para-hydroxylation sites is 1. The van der Waals surface area contributed by atoms with Crippen LogP contribution >= 0.6 is 0 Å². The predicted molar refractivity (Wildman–Crippen MR) is 181 cm³/mol. The lowest BCUT2D eigenvalue weighted by Crippen LogP contribution is -2.52. The molecule has 2 aromatic carbocycles. The van der Waals surface area contributed by atoms with Crippen molar-refractivity contribution in [3.8, 4) is 17.5 Å². The summed E-state index contributed by atoms with van der Waals surface area (Å²) in [5.74, 6) is 6.61. The van der Waals surface area contributed by atoms with Crippen molar-refractivity contribution in [2.24, 2.45) is 7.05 Å². The molecule has 5 heterocycles. The molecule has 0 spiro atoms. The number of nitrogens with zero attached hydrogens (tertiary/aromatic N) is 8. The highest BCUT2D eigenvalue weighted by molar-refractivity contribution is 5.85. The molecule has 1 amide bonds. The molecular formula is C35H34N10O4. The molecule has 3 atom stereocenters. The number of hydrogen-bond acceptors (Lipinski definition) is 10. The maximum atomic E-state index is 14.5. The van der Waals surface area contributed by atoms with Gasteiger partial charge in [0.2, 0.25) is 0 Å². The smallest absolute Gasteiger partial charge is 0.267 e. The quantitative estimate of drug-likeness (QED) is 0.146. The van der Waals surface area contributed by atoms with E-state index in [0.29, 0.717) is 57.8 Å². The molecule has 49 heavy (non-hydrogen) atoms. The van der Waals surface area contributed by atoms with Crippen molar-refractivity contribution in [2.45, 2.75) is 38.1 Å². The minimum absolute atomic E-state index is 0.0164. The number of aliphatic hydroxyl groups is 2. The summed E-state index contributed by atoms with van der Waals surface area (Å²) in [5, 5.41) is 33.1. The van der Waals surface area contributed by atoms with E-state index in [9.17, 15) is 19.8 Å². The van der Waals surface area contributed by atoms with Gasteiger partial charge in [0, 0.05) is 44.0 Å². The van der Waals surface area contributed by atoms with Crippen LogP contribution in [0.5, 0.6) is 0 Å². The molecular weight excluding hydrogens is 624 g/mol. The molecule has 6 aromatic rings. The first-order chi connectivity index (χ1) is 23.6. The Morgan fingerprint density at radius 2 is 1.80 bits per heavy atom. The minimum Gasteiger partial charge on any atom is -0.384 e. The van der Waals surface area contributed by atoms with Gasteiger partial charge < -0.3 is 20.8 Å². The number of rotatable bonds is 7. The molecule has 1 aliphatic heterocycles. The zero-order chi connectivity index (χ0) is 34.4.